The standard InChI is InChI=1S/C9H14N4/c1-2-8(6-10-4-1)7-11-9-3-5-12-13-9/h1-2,4,6,9,11-13H,3,5,7H2. The molecular weight excluding hydrogens is 164 g/mol. The molecule has 1 aliphatic rings. The van der Waals surface area contributed by atoms with Crippen LogP contribution in [0.4, 0.5) is 0 Å². The van der Waals surface area contributed by atoms with Crippen LogP contribution < -0.4 is 16.2 Å². The second-order valence-electron chi connectivity index (χ2n) is 3.15. The summed E-state index contributed by atoms with van der Waals surface area (Å²) in [5.74, 6) is 0. The smallest absolute Gasteiger partial charge is 0.0719 e. The van der Waals surface area contributed by atoms with Gasteiger partial charge < -0.3 is 0 Å². The molecule has 0 aliphatic carbocycles. The molecule has 1 unspecified atom stereocenters. The monoisotopic (exact) mass is 178 g/mol. The van der Waals surface area contributed by atoms with E-state index in [1.807, 2.05) is 12.3 Å². The molecule has 1 saturated heterocycles. The molecule has 70 valence electrons. The van der Waals surface area contributed by atoms with Crippen molar-refractivity contribution in [3.05, 3.63) is 30.1 Å². The number of hydrogen-bond acceptors (Lipinski definition) is 4. The molecule has 0 aromatic carbocycles. The molecule has 3 N–H and O–H groups in total. The fourth-order valence-corrected chi connectivity index (χ4v) is 1.38. The molecular formula is C9H14N4. The van der Waals surface area contributed by atoms with Crippen LogP contribution in [0.3, 0.4) is 0 Å². The Bertz CT molecular complexity index is 243. The van der Waals surface area contributed by atoms with E-state index in [1.165, 1.54) is 5.56 Å². The first-order valence-corrected chi connectivity index (χ1v) is 4.56. The Morgan fingerprint density at radius 2 is 2.62 bits per heavy atom. The topological polar surface area (TPSA) is 49.0 Å². The zero-order valence-corrected chi connectivity index (χ0v) is 7.46. The molecule has 0 bridgehead atoms. The van der Waals surface area contributed by atoms with Crippen LogP contribution in [0.25, 0.3) is 0 Å². The van der Waals surface area contributed by atoms with Gasteiger partial charge in [-0.2, -0.15) is 0 Å². The lowest BCUT2D eigenvalue weighted by Gasteiger charge is -2.11. The molecule has 0 radical (unpaired) electrons. The summed E-state index contributed by atoms with van der Waals surface area (Å²) in [4.78, 5) is 4.05. The number of hydrogen-bond donors (Lipinski definition) is 3. The van der Waals surface area contributed by atoms with E-state index in [0.717, 1.165) is 19.5 Å². The fraction of sp³-hybridized carbons (Fsp3) is 0.444. The predicted molar refractivity (Wildman–Crippen MR) is 50.6 cm³/mol. The average Bonchev–Trinajstić information content (AvgIpc) is 2.69. The van der Waals surface area contributed by atoms with Crippen molar-refractivity contribution in [2.24, 2.45) is 0 Å². The summed E-state index contributed by atoms with van der Waals surface area (Å²) >= 11 is 0. The summed E-state index contributed by atoms with van der Waals surface area (Å²) in [6.07, 6.45) is 5.19. The van der Waals surface area contributed by atoms with Crippen LogP contribution >= 0.6 is 0 Å². The first-order valence-electron chi connectivity index (χ1n) is 4.56. The van der Waals surface area contributed by atoms with Gasteiger partial charge in [0.15, 0.2) is 0 Å². The maximum absolute atomic E-state index is 4.05. The van der Waals surface area contributed by atoms with Crippen LogP contribution in [0.15, 0.2) is 24.5 Å². The average molecular weight is 178 g/mol. The molecule has 4 heteroatoms. The van der Waals surface area contributed by atoms with Gasteiger partial charge >= 0.3 is 0 Å². The molecule has 4 nitrogen and oxygen atoms in total. The van der Waals surface area contributed by atoms with Gasteiger partial charge in [0.25, 0.3) is 0 Å². The molecule has 13 heavy (non-hydrogen) atoms. The quantitative estimate of drug-likeness (QED) is 0.609. The Kier molecular flexibility index (Phi) is 2.86. The van der Waals surface area contributed by atoms with Gasteiger partial charge in [-0.05, 0) is 18.1 Å². The second kappa shape index (κ2) is 4.32. The SMILES string of the molecule is c1cncc(CNC2CCNN2)c1. The zero-order chi connectivity index (χ0) is 8.93. The number of aromatic nitrogens is 1. The summed E-state index contributed by atoms with van der Waals surface area (Å²) in [5.41, 5.74) is 7.44. The summed E-state index contributed by atoms with van der Waals surface area (Å²) in [5, 5.41) is 3.38. The summed E-state index contributed by atoms with van der Waals surface area (Å²) < 4.78 is 0. The summed E-state index contributed by atoms with van der Waals surface area (Å²) in [6, 6.07) is 4.03. The van der Waals surface area contributed by atoms with Crippen LogP contribution in [-0.2, 0) is 6.54 Å². The number of rotatable bonds is 3. The van der Waals surface area contributed by atoms with Crippen molar-refractivity contribution >= 4 is 0 Å². The van der Waals surface area contributed by atoms with Crippen LogP contribution in [-0.4, -0.2) is 17.7 Å². The van der Waals surface area contributed by atoms with Crippen molar-refractivity contribution in [2.75, 3.05) is 6.54 Å². The second-order valence-corrected chi connectivity index (χ2v) is 3.15. The lowest BCUT2D eigenvalue weighted by atomic mass is 10.3. The van der Waals surface area contributed by atoms with E-state index in [4.69, 9.17) is 0 Å². The first kappa shape index (κ1) is 8.62. The van der Waals surface area contributed by atoms with Crippen molar-refractivity contribution in [2.45, 2.75) is 19.1 Å². The van der Waals surface area contributed by atoms with E-state index in [0.29, 0.717) is 6.17 Å². The van der Waals surface area contributed by atoms with E-state index in [2.05, 4.69) is 27.2 Å². The summed E-state index contributed by atoms with van der Waals surface area (Å²) in [7, 11) is 0. The lowest BCUT2D eigenvalue weighted by molar-refractivity contribution is 0.457. The largest absolute Gasteiger partial charge is 0.297 e. The van der Waals surface area contributed by atoms with Crippen LogP contribution in [0, 0.1) is 0 Å². The van der Waals surface area contributed by atoms with Gasteiger partial charge in [0.1, 0.15) is 0 Å². The van der Waals surface area contributed by atoms with Gasteiger partial charge in [-0.15, -0.1) is 0 Å². The van der Waals surface area contributed by atoms with Crippen molar-refractivity contribution in [3.8, 4) is 0 Å². The molecule has 1 fully saturated rings. The van der Waals surface area contributed by atoms with Crippen molar-refractivity contribution in [3.63, 3.8) is 0 Å². The van der Waals surface area contributed by atoms with Crippen molar-refractivity contribution in [1.29, 1.82) is 0 Å². The normalized spacial score (nSPS) is 22.0. The highest BCUT2D eigenvalue weighted by Gasteiger charge is 2.11. The Morgan fingerprint density at radius 1 is 1.62 bits per heavy atom. The van der Waals surface area contributed by atoms with Crippen molar-refractivity contribution in [1.82, 2.24) is 21.2 Å². The van der Waals surface area contributed by atoms with E-state index in [9.17, 15) is 0 Å². The zero-order valence-electron chi connectivity index (χ0n) is 7.46. The molecule has 1 aromatic heterocycles. The third kappa shape index (κ3) is 2.48. The Balaban J connectivity index is 1.79. The molecule has 1 aliphatic heterocycles. The van der Waals surface area contributed by atoms with E-state index < -0.39 is 0 Å². The number of nitrogens with one attached hydrogen (secondary N) is 3. The molecule has 2 heterocycles. The number of hydrazine groups is 1. The van der Waals surface area contributed by atoms with Gasteiger partial charge in [0, 0.05) is 25.5 Å². The highest BCUT2D eigenvalue weighted by Crippen LogP contribution is 1.97. The Hall–Kier alpha value is -0.970. The van der Waals surface area contributed by atoms with Crippen LogP contribution in [0.2, 0.25) is 0 Å². The maximum Gasteiger partial charge on any atom is 0.0719 e. The molecule has 2 rings (SSSR count). The Labute approximate surface area is 77.7 Å². The molecule has 0 saturated carbocycles. The third-order valence-corrected chi connectivity index (χ3v) is 2.11. The minimum absolute atomic E-state index is 0.389. The highest BCUT2D eigenvalue weighted by atomic mass is 15.4. The Morgan fingerprint density at radius 3 is 3.31 bits per heavy atom. The van der Waals surface area contributed by atoms with Crippen molar-refractivity contribution < 1.29 is 0 Å². The molecule has 0 spiro atoms. The fourth-order valence-electron chi connectivity index (χ4n) is 1.38. The van der Waals surface area contributed by atoms with Gasteiger partial charge in [-0.3, -0.25) is 15.7 Å². The molecule has 1 aromatic rings. The van der Waals surface area contributed by atoms with Crippen LogP contribution in [0.5, 0.6) is 0 Å². The number of pyridine rings is 1. The van der Waals surface area contributed by atoms with E-state index in [1.54, 1.807) is 6.20 Å². The van der Waals surface area contributed by atoms with E-state index >= 15 is 0 Å². The first-order chi connectivity index (χ1) is 6.45. The van der Waals surface area contributed by atoms with E-state index in [-0.39, 0.29) is 0 Å². The molecule has 0 amide bonds. The lowest BCUT2D eigenvalue weighted by Crippen LogP contribution is -2.40. The maximum atomic E-state index is 4.05. The predicted octanol–water partition coefficient (Wildman–Crippen LogP) is -0.00480. The highest BCUT2D eigenvalue weighted by molar-refractivity contribution is 5.07. The van der Waals surface area contributed by atoms with Gasteiger partial charge in [0.2, 0.25) is 0 Å². The number of nitrogens with zero attached hydrogens (tertiary/aromatic N) is 1. The van der Waals surface area contributed by atoms with Gasteiger partial charge in [-0.25, -0.2) is 5.43 Å². The van der Waals surface area contributed by atoms with Gasteiger partial charge in [0.05, 0.1) is 6.17 Å². The minimum Gasteiger partial charge on any atom is -0.297 e. The van der Waals surface area contributed by atoms with Gasteiger partial charge in [-0.1, -0.05) is 6.07 Å². The minimum atomic E-state index is 0.389. The summed E-state index contributed by atoms with van der Waals surface area (Å²) in [6.45, 7) is 1.90. The third-order valence-electron chi connectivity index (χ3n) is 2.11. The molecule has 1 atom stereocenters. The van der Waals surface area contributed by atoms with Crippen LogP contribution in [0.1, 0.15) is 12.0 Å².